The van der Waals surface area contributed by atoms with E-state index < -0.39 is 11.4 Å². The molecule has 0 fully saturated rings. The van der Waals surface area contributed by atoms with Crippen molar-refractivity contribution in [1.82, 2.24) is 5.32 Å². The molecule has 0 unspecified atom stereocenters. The summed E-state index contributed by atoms with van der Waals surface area (Å²) < 4.78 is 16.4. The van der Waals surface area contributed by atoms with Gasteiger partial charge in [0, 0.05) is 6.54 Å². The van der Waals surface area contributed by atoms with Crippen LogP contribution in [0.25, 0.3) is 0 Å². The average molecular weight is 414 g/mol. The molecule has 2 rings (SSSR count). The largest absolute Gasteiger partial charge is 0.490 e. The fourth-order valence-electron chi connectivity index (χ4n) is 2.93. The average Bonchev–Trinajstić information content (AvgIpc) is 2.74. The van der Waals surface area contributed by atoms with Gasteiger partial charge in [0.2, 0.25) is 0 Å². The summed E-state index contributed by atoms with van der Waals surface area (Å²) in [6, 6.07) is 15.1. The lowest BCUT2D eigenvalue weighted by Gasteiger charge is -2.22. The second-order valence-corrected chi connectivity index (χ2v) is 7.31. The molecule has 0 atom stereocenters. The topological polar surface area (TPSA) is 73.9 Å². The third kappa shape index (κ3) is 6.51. The number of carbonyl (C=O) groups excluding carboxylic acids is 2. The van der Waals surface area contributed by atoms with Crippen LogP contribution in [0.1, 0.15) is 38.8 Å². The summed E-state index contributed by atoms with van der Waals surface area (Å²) in [6.45, 7) is 8.64. The number of carbonyl (C=O) groups is 2. The first kappa shape index (κ1) is 23.3. The number of amides is 1. The van der Waals surface area contributed by atoms with E-state index in [9.17, 15) is 9.59 Å². The van der Waals surface area contributed by atoms with Crippen molar-refractivity contribution >= 4 is 11.9 Å². The lowest BCUT2D eigenvalue weighted by Crippen LogP contribution is -2.36. The van der Waals surface area contributed by atoms with Crippen LogP contribution in [-0.4, -0.2) is 38.2 Å². The molecule has 0 aliphatic rings. The molecule has 0 saturated heterocycles. The van der Waals surface area contributed by atoms with Gasteiger partial charge in [-0.2, -0.15) is 0 Å². The quantitative estimate of drug-likeness (QED) is 0.569. The summed E-state index contributed by atoms with van der Waals surface area (Å²) >= 11 is 0. The Hall–Kier alpha value is -3.02. The van der Waals surface area contributed by atoms with Gasteiger partial charge in [-0.15, -0.1) is 0 Å². The van der Waals surface area contributed by atoms with Crippen LogP contribution in [-0.2, 0) is 26.2 Å². The predicted molar refractivity (Wildman–Crippen MR) is 116 cm³/mol. The zero-order valence-corrected chi connectivity index (χ0v) is 18.2. The maximum atomic E-state index is 12.4. The van der Waals surface area contributed by atoms with Crippen LogP contribution in [0.3, 0.4) is 0 Å². The molecule has 2 aromatic rings. The number of hydrogen-bond acceptors (Lipinski definition) is 5. The molecule has 1 amide bonds. The molecule has 0 aliphatic heterocycles. The van der Waals surface area contributed by atoms with Gasteiger partial charge in [-0.1, -0.05) is 36.4 Å². The van der Waals surface area contributed by atoms with Crippen molar-refractivity contribution in [2.24, 2.45) is 0 Å². The molecule has 0 heterocycles. The van der Waals surface area contributed by atoms with Crippen molar-refractivity contribution in [3.8, 4) is 11.5 Å². The summed E-state index contributed by atoms with van der Waals surface area (Å²) in [6.07, 6.45) is 0.627. The van der Waals surface area contributed by atoms with Crippen LogP contribution in [0.4, 0.5) is 0 Å². The highest BCUT2D eigenvalue weighted by Crippen LogP contribution is 2.28. The highest BCUT2D eigenvalue weighted by Gasteiger charge is 2.31. The zero-order chi connectivity index (χ0) is 22.0. The van der Waals surface area contributed by atoms with Crippen molar-refractivity contribution in [2.75, 3.05) is 26.4 Å². The summed E-state index contributed by atoms with van der Waals surface area (Å²) in [4.78, 5) is 24.5. The van der Waals surface area contributed by atoms with Crippen LogP contribution in [0.15, 0.2) is 48.5 Å². The van der Waals surface area contributed by atoms with Gasteiger partial charge < -0.3 is 19.5 Å². The maximum Gasteiger partial charge on any atom is 0.316 e. The van der Waals surface area contributed by atoms with E-state index in [4.69, 9.17) is 14.2 Å². The second kappa shape index (κ2) is 11.2. The Kier molecular flexibility index (Phi) is 8.71. The molecule has 0 aromatic heterocycles. The third-order valence-corrected chi connectivity index (χ3v) is 4.68. The van der Waals surface area contributed by atoms with Crippen LogP contribution < -0.4 is 14.8 Å². The maximum absolute atomic E-state index is 12.4. The first-order chi connectivity index (χ1) is 14.4. The molecular formula is C24H31NO5. The lowest BCUT2D eigenvalue weighted by atomic mass is 9.85. The Morgan fingerprint density at radius 2 is 1.60 bits per heavy atom. The number of hydrogen-bond donors (Lipinski definition) is 1. The molecule has 162 valence electrons. The van der Waals surface area contributed by atoms with Crippen molar-refractivity contribution < 1.29 is 23.8 Å². The molecule has 6 heteroatoms. The number of rotatable bonds is 11. The molecule has 0 radical (unpaired) electrons. The van der Waals surface area contributed by atoms with Gasteiger partial charge in [0.05, 0.1) is 18.6 Å². The van der Waals surface area contributed by atoms with Crippen molar-refractivity contribution in [3.05, 3.63) is 59.7 Å². The molecule has 0 bridgehead atoms. The number of ether oxygens (including phenoxy) is 3. The molecular weight excluding hydrogens is 382 g/mol. The van der Waals surface area contributed by atoms with Crippen molar-refractivity contribution in [1.29, 1.82) is 0 Å². The Morgan fingerprint density at radius 3 is 2.27 bits per heavy atom. The van der Waals surface area contributed by atoms with Gasteiger partial charge >= 0.3 is 5.97 Å². The van der Waals surface area contributed by atoms with E-state index in [1.807, 2.05) is 62.4 Å². The molecule has 30 heavy (non-hydrogen) atoms. The van der Waals surface area contributed by atoms with E-state index in [1.54, 1.807) is 13.8 Å². The number of esters is 1. The fourth-order valence-corrected chi connectivity index (χ4v) is 2.93. The van der Waals surface area contributed by atoms with Gasteiger partial charge in [-0.05, 0) is 57.4 Å². The van der Waals surface area contributed by atoms with Crippen LogP contribution in [0.2, 0.25) is 0 Å². The Balaban J connectivity index is 1.81. The summed E-state index contributed by atoms with van der Waals surface area (Å²) in [5.74, 6) is 0.639. The molecule has 0 aliphatic carbocycles. The Bertz CT molecular complexity index is 833. The van der Waals surface area contributed by atoms with Crippen molar-refractivity contribution in [3.63, 3.8) is 0 Å². The van der Waals surface area contributed by atoms with E-state index >= 15 is 0 Å². The zero-order valence-electron chi connectivity index (χ0n) is 18.2. The lowest BCUT2D eigenvalue weighted by molar-refractivity contribution is -0.153. The van der Waals surface area contributed by atoms with Gasteiger partial charge in [-0.25, -0.2) is 0 Å². The molecule has 6 nitrogen and oxygen atoms in total. The Morgan fingerprint density at radius 1 is 0.933 bits per heavy atom. The van der Waals surface area contributed by atoms with E-state index in [2.05, 4.69) is 5.32 Å². The summed E-state index contributed by atoms with van der Waals surface area (Å²) in [5, 5.41) is 2.78. The normalized spacial score (nSPS) is 10.9. The SMILES string of the molecule is CCOc1ccc(CCNC(=O)COC(=O)C(C)(C)c2ccccc2)cc1OCC. The summed E-state index contributed by atoms with van der Waals surface area (Å²) in [7, 11) is 0. The molecule has 0 saturated carbocycles. The van der Waals surface area contributed by atoms with Crippen LogP contribution in [0, 0.1) is 0 Å². The molecule has 0 spiro atoms. The Labute approximate surface area is 178 Å². The monoisotopic (exact) mass is 413 g/mol. The highest BCUT2D eigenvalue weighted by atomic mass is 16.5. The second-order valence-electron chi connectivity index (χ2n) is 7.31. The van der Waals surface area contributed by atoms with E-state index in [-0.39, 0.29) is 12.5 Å². The van der Waals surface area contributed by atoms with Gasteiger partial charge in [0.15, 0.2) is 18.1 Å². The minimum Gasteiger partial charge on any atom is -0.490 e. The van der Waals surface area contributed by atoms with Crippen molar-refractivity contribution in [2.45, 2.75) is 39.5 Å². The van der Waals surface area contributed by atoms with Gasteiger partial charge in [0.1, 0.15) is 0 Å². The fraction of sp³-hybridized carbons (Fsp3) is 0.417. The minimum atomic E-state index is -0.820. The van der Waals surface area contributed by atoms with Gasteiger partial charge in [0.25, 0.3) is 5.91 Å². The third-order valence-electron chi connectivity index (χ3n) is 4.68. The smallest absolute Gasteiger partial charge is 0.316 e. The van der Waals surface area contributed by atoms with Crippen LogP contribution in [0.5, 0.6) is 11.5 Å². The van der Waals surface area contributed by atoms with Crippen LogP contribution >= 0.6 is 0 Å². The van der Waals surface area contributed by atoms with Gasteiger partial charge in [-0.3, -0.25) is 9.59 Å². The van der Waals surface area contributed by atoms with E-state index in [1.165, 1.54) is 0 Å². The number of nitrogens with one attached hydrogen (secondary N) is 1. The van der Waals surface area contributed by atoms with E-state index in [0.29, 0.717) is 37.7 Å². The highest BCUT2D eigenvalue weighted by molar-refractivity contribution is 5.85. The minimum absolute atomic E-state index is 0.303. The predicted octanol–water partition coefficient (Wildman–Crippen LogP) is 3.66. The van der Waals surface area contributed by atoms with E-state index in [0.717, 1.165) is 11.1 Å². The standard InChI is InChI=1S/C24H31NO5/c1-5-28-20-13-12-18(16-21(20)29-6-2)14-15-25-22(26)17-30-23(27)24(3,4)19-10-8-7-9-11-19/h7-13,16H,5-6,14-15,17H2,1-4H3,(H,25,26). The number of benzene rings is 2. The molecule has 2 aromatic carbocycles. The first-order valence-corrected chi connectivity index (χ1v) is 10.3. The first-order valence-electron chi connectivity index (χ1n) is 10.3. The molecule has 1 N–H and O–H groups in total. The summed E-state index contributed by atoms with van der Waals surface area (Å²) in [5.41, 5.74) is 1.04.